The molecule has 1 fully saturated rings. The van der Waals surface area contributed by atoms with Gasteiger partial charge in [-0.3, -0.25) is 9.78 Å². The van der Waals surface area contributed by atoms with E-state index in [2.05, 4.69) is 56.9 Å². The first-order valence-corrected chi connectivity index (χ1v) is 11.8. The zero-order valence-electron chi connectivity index (χ0n) is 19.4. The molecule has 0 bridgehead atoms. The quantitative estimate of drug-likeness (QED) is 0.424. The van der Waals surface area contributed by atoms with Gasteiger partial charge in [0.15, 0.2) is 0 Å². The summed E-state index contributed by atoms with van der Waals surface area (Å²) in [6.07, 6.45) is 4.00. The van der Waals surface area contributed by atoms with E-state index in [0.717, 1.165) is 53.9 Å². The van der Waals surface area contributed by atoms with Gasteiger partial charge in [0.2, 0.25) is 0 Å². The fraction of sp³-hybridized carbons (Fsp3) is 0.357. The van der Waals surface area contributed by atoms with Gasteiger partial charge in [0, 0.05) is 46.5 Å². The van der Waals surface area contributed by atoms with E-state index in [1.54, 1.807) is 0 Å². The molecule has 0 radical (unpaired) electrons. The minimum absolute atomic E-state index is 0.00824. The van der Waals surface area contributed by atoms with Gasteiger partial charge in [-0.15, -0.1) is 0 Å². The van der Waals surface area contributed by atoms with Gasteiger partial charge < -0.3 is 4.90 Å². The van der Waals surface area contributed by atoms with E-state index in [4.69, 9.17) is 11.6 Å². The molecule has 1 amide bonds. The van der Waals surface area contributed by atoms with E-state index in [0.29, 0.717) is 16.5 Å². The summed E-state index contributed by atoms with van der Waals surface area (Å²) in [7, 11) is 0. The SMILES string of the molecule is CC1CCN(C(=O)c2ccc(-c3cccc(-c4ccnc(C(C)(C)C)c4)c3)c(Cl)c2)CC1. The molecular weight excluding hydrogens is 416 g/mol. The average Bonchev–Trinajstić information content (AvgIpc) is 2.78. The predicted octanol–water partition coefficient (Wildman–Crippen LogP) is 7.24. The van der Waals surface area contributed by atoms with Gasteiger partial charge in [-0.1, -0.05) is 63.6 Å². The van der Waals surface area contributed by atoms with Crippen LogP contribution >= 0.6 is 11.6 Å². The number of hydrogen-bond donors (Lipinski definition) is 0. The summed E-state index contributed by atoms with van der Waals surface area (Å²) in [6.45, 7) is 10.4. The predicted molar refractivity (Wildman–Crippen MR) is 133 cm³/mol. The van der Waals surface area contributed by atoms with E-state index in [-0.39, 0.29) is 11.3 Å². The maximum Gasteiger partial charge on any atom is 0.253 e. The molecule has 0 unspecified atom stereocenters. The molecule has 0 spiro atoms. The van der Waals surface area contributed by atoms with E-state index < -0.39 is 0 Å². The largest absolute Gasteiger partial charge is 0.339 e. The summed E-state index contributed by atoms with van der Waals surface area (Å²) in [4.78, 5) is 19.4. The normalized spacial score (nSPS) is 15.1. The molecule has 1 aliphatic heterocycles. The molecule has 4 heteroatoms. The second kappa shape index (κ2) is 9.07. The van der Waals surface area contributed by atoms with Crippen LogP contribution in [0.4, 0.5) is 0 Å². The first-order chi connectivity index (χ1) is 15.2. The van der Waals surface area contributed by atoms with Crippen molar-refractivity contribution in [1.82, 2.24) is 9.88 Å². The van der Waals surface area contributed by atoms with Crippen LogP contribution in [0, 0.1) is 5.92 Å². The third kappa shape index (κ3) is 4.88. The lowest BCUT2D eigenvalue weighted by atomic mass is 9.89. The zero-order valence-corrected chi connectivity index (χ0v) is 20.1. The van der Waals surface area contributed by atoms with Crippen LogP contribution in [0.3, 0.4) is 0 Å². The summed E-state index contributed by atoms with van der Waals surface area (Å²) in [5, 5.41) is 0.600. The first-order valence-electron chi connectivity index (χ1n) is 11.4. The lowest BCUT2D eigenvalue weighted by molar-refractivity contribution is 0.0697. The zero-order chi connectivity index (χ0) is 22.9. The van der Waals surface area contributed by atoms with Crippen molar-refractivity contribution in [1.29, 1.82) is 0 Å². The fourth-order valence-corrected chi connectivity index (χ4v) is 4.45. The number of benzene rings is 2. The molecule has 0 aliphatic carbocycles. The van der Waals surface area contributed by atoms with Crippen LogP contribution in [-0.4, -0.2) is 28.9 Å². The molecule has 3 nitrogen and oxygen atoms in total. The third-order valence-electron chi connectivity index (χ3n) is 6.32. The summed E-state index contributed by atoms with van der Waals surface area (Å²) < 4.78 is 0. The highest BCUT2D eigenvalue weighted by Gasteiger charge is 2.22. The van der Waals surface area contributed by atoms with E-state index in [9.17, 15) is 4.79 Å². The van der Waals surface area contributed by atoms with Crippen molar-refractivity contribution < 1.29 is 4.79 Å². The van der Waals surface area contributed by atoms with Gasteiger partial charge in [-0.05, 0) is 65.8 Å². The van der Waals surface area contributed by atoms with Gasteiger partial charge in [0.25, 0.3) is 5.91 Å². The number of halogens is 1. The highest BCUT2D eigenvalue weighted by atomic mass is 35.5. The van der Waals surface area contributed by atoms with Gasteiger partial charge >= 0.3 is 0 Å². The summed E-state index contributed by atoms with van der Waals surface area (Å²) in [6, 6.07) is 18.2. The maximum atomic E-state index is 12.9. The molecule has 1 aromatic heterocycles. The third-order valence-corrected chi connectivity index (χ3v) is 6.63. The lowest BCUT2D eigenvalue weighted by Gasteiger charge is -2.30. The van der Waals surface area contributed by atoms with Gasteiger partial charge in [0.1, 0.15) is 0 Å². The minimum atomic E-state index is -0.00824. The number of aromatic nitrogens is 1. The Kier molecular flexibility index (Phi) is 6.39. The van der Waals surface area contributed by atoms with Crippen LogP contribution in [0.2, 0.25) is 5.02 Å². The Bertz CT molecular complexity index is 1120. The molecule has 4 rings (SSSR count). The van der Waals surface area contributed by atoms with Crippen LogP contribution < -0.4 is 0 Å². The number of amides is 1. The molecule has 1 saturated heterocycles. The van der Waals surface area contributed by atoms with Crippen molar-refractivity contribution in [2.24, 2.45) is 5.92 Å². The number of rotatable bonds is 3. The van der Waals surface area contributed by atoms with Crippen LogP contribution in [0.5, 0.6) is 0 Å². The fourth-order valence-electron chi connectivity index (χ4n) is 4.16. The average molecular weight is 447 g/mol. The summed E-state index contributed by atoms with van der Waals surface area (Å²) >= 11 is 6.67. The highest BCUT2D eigenvalue weighted by molar-refractivity contribution is 6.33. The number of hydrogen-bond acceptors (Lipinski definition) is 2. The smallest absolute Gasteiger partial charge is 0.253 e. The molecular formula is C28H31ClN2O. The summed E-state index contributed by atoms with van der Waals surface area (Å²) in [5.74, 6) is 0.766. The number of piperidine rings is 1. The molecule has 3 aromatic rings. The van der Waals surface area contributed by atoms with E-state index in [1.807, 2.05) is 41.4 Å². The second-order valence-electron chi connectivity index (χ2n) is 9.93. The Balaban J connectivity index is 1.60. The van der Waals surface area contributed by atoms with Crippen LogP contribution in [0.25, 0.3) is 22.3 Å². The Morgan fingerprint density at radius 1 is 0.969 bits per heavy atom. The Labute approximate surface area is 196 Å². The Morgan fingerprint density at radius 2 is 1.66 bits per heavy atom. The van der Waals surface area contributed by atoms with Crippen LogP contribution in [0.1, 0.15) is 56.6 Å². The van der Waals surface area contributed by atoms with Crippen molar-refractivity contribution in [2.45, 2.75) is 46.0 Å². The van der Waals surface area contributed by atoms with E-state index >= 15 is 0 Å². The monoisotopic (exact) mass is 446 g/mol. The summed E-state index contributed by atoms with van der Waals surface area (Å²) in [5.41, 5.74) is 5.94. The maximum absolute atomic E-state index is 12.9. The second-order valence-corrected chi connectivity index (χ2v) is 10.3. The number of likely N-dealkylation sites (tertiary alicyclic amines) is 1. The van der Waals surface area contributed by atoms with Crippen LogP contribution in [-0.2, 0) is 5.41 Å². The molecule has 2 aromatic carbocycles. The minimum Gasteiger partial charge on any atom is -0.339 e. The highest BCUT2D eigenvalue weighted by Crippen LogP contribution is 2.33. The van der Waals surface area contributed by atoms with Gasteiger partial charge in [-0.2, -0.15) is 0 Å². The number of nitrogens with zero attached hydrogens (tertiary/aromatic N) is 2. The van der Waals surface area contributed by atoms with E-state index in [1.165, 1.54) is 0 Å². The standard InChI is InChI=1S/C28H31ClN2O/c1-19-11-14-31(15-12-19)27(32)23-8-9-24(25(29)17-23)22-7-5-6-20(16-22)21-10-13-30-26(18-21)28(2,3)4/h5-10,13,16-19H,11-12,14-15H2,1-4H3. The number of carbonyl (C=O) groups excluding carboxylic acids is 1. The van der Waals surface area contributed by atoms with Crippen molar-refractivity contribution in [3.8, 4) is 22.3 Å². The van der Waals surface area contributed by atoms with Gasteiger partial charge in [0.05, 0.1) is 0 Å². The molecule has 1 aliphatic rings. The van der Waals surface area contributed by atoms with Crippen molar-refractivity contribution in [2.75, 3.05) is 13.1 Å². The molecule has 0 atom stereocenters. The number of pyridine rings is 1. The molecule has 0 saturated carbocycles. The Hall–Kier alpha value is -2.65. The molecule has 166 valence electrons. The molecule has 32 heavy (non-hydrogen) atoms. The molecule has 0 N–H and O–H groups in total. The lowest BCUT2D eigenvalue weighted by Crippen LogP contribution is -2.37. The Morgan fingerprint density at radius 3 is 2.34 bits per heavy atom. The number of carbonyl (C=O) groups is 1. The van der Waals surface area contributed by atoms with Crippen molar-refractivity contribution >= 4 is 17.5 Å². The first kappa shape index (κ1) is 22.5. The van der Waals surface area contributed by atoms with Crippen LogP contribution in [0.15, 0.2) is 60.8 Å². The van der Waals surface area contributed by atoms with Crippen molar-refractivity contribution in [3.05, 3.63) is 77.1 Å². The molecule has 2 heterocycles. The topological polar surface area (TPSA) is 33.2 Å². The van der Waals surface area contributed by atoms with Gasteiger partial charge in [-0.25, -0.2) is 0 Å². The van der Waals surface area contributed by atoms with Crippen molar-refractivity contribution in [3.63, 3.8) is 0 Å².